The maximum atomic E-state index is 12.4. The van der Waals surface area contributed by atoms with E-state index >= 15 is 0 Å². The van der Waals surface area contributed by atoms with Gasteiger partial charge < -0.3 is 9.30 Å². The van der Waals surface area contributed by atoms with Gasteiger partial charge in [-0.3, -0.25) is 0 Å². The van der Waals surface area contributed by atoms with Gasteiger partial charge in [0.05, 0.1) is 11.3 Å². The molecule has 2 rings (SSSR count). The first-order valence-electron chi connectivity index (χ1n) is 6.23. The van der Waals surface area contributed by atoms with Crippen molar-refractivity contribution in [2.75, 3.05) is 0 Å². The zero-order valence-electron chi connectivity index (χ0n) is 11.2. The van der Waals surface area contributed by atoms with Crippen LogP contribution in [0.5, 0.6) is 5.75 Å². The highest BCUT2D eigenvalue weighted by atomic mass is 19.4. The Morgan fingerprint density at radius 3 is 2.35 bits per heavy atom. The topological polar surface area (TPSA) is 27.1 Å². The Morgan fingerprint density at radius 1 is 1.20 bits per heavy atom. The van der Waals surface area contributed by atoms with E-state index in [-0.39, 0.29) is 6.61 Å². The molecule has 1 aromatic heterocycles. The molecule has 2 aromatic rings. The van der Waals surface area contributed by atoms with Crippen LogP contribution in [0.3, 0.4) is 0 Å². The molecule has 0 aliphatic rings. The molecule has 0 unspecified atom stereocenters. The number of halogens is 3. The van der Waals surface area contributed by atoms with Gasteiger partial charge >= 0.3 is 6.18 Å². The zero-order chi connectivity index (χ0) is 14.8. The highest BCUT2D eigenvalue weighted by Crippen LogP contribution is 2.30. The summed E-state index contributed by atoms with van der Waals surface area (Å²) in [6.45, 7) is 4.96. The molecule has 0 radical (unpaired) electrons. The summed E-state index contributed by atoms with van der Waals surface area (Å²) in [4.78, 5) is 4.31. The standard InChI is InChI=1S/C14H15F3N2O/c1-3-19-8-12(18-10(19)2)9-20-13-6-4-11(5-7-13)14(15,16)17/h4-8H,3,9H2,1-2H3. The van der Waals surface area contributed by atoms with E-state index in [0.717, 1.165) is 30.2 Å². The number of alkyl halides is 3. The summed E-state index contributed by atoms with van der Waals surface area (Å²) in [5.41, 5.74) is 0.0696. The number of rotatable bonds is 4. The predicted molar refractivity (Wildman–Crippen MR) is 68.4 cm³/mol. The second kappa shape index (κ2) is 5.56. The fourth-order valence-electron chi connectivity index (χ4n) is 1.86. The molecule has 0 N–H and O–H groups in total. The molecule has 0 saturated carbocycles. The molecule has 0 aliphatic carbocycles. The van der Waals surface area contributed by atoms with E-state index in [1.807, 2.05) is 24.6 Å². The Labute approximate surface area is 115 Å². The highest BCUT2D eigenvalue weighted by Gasteiger charge is 2.29. The van der Waals surface area contributed by atoms with Gasteiger partial charge in [-0.05, 0) is 38.1 Å². The van der Waals surface area contributed by atoms with E-state index in [1.165, 1.54) is 12.1 Å². The first kappa shape index (κ1) is 14.4. The Morgan fingerprint density at radius 2 is 1.85 bits per heavy atom. The van der Waals surface area contributed by atoms with Crippen LogP contribution in [0.4, 0.5) is 13.2 Å². The lowest BCUT2D eigenvalue weighted by molar-refractivity contribution is -0.137. The minimum absolute atomic E-state index is 0.235. The second-order valence-corrected chi connectivity index (χ2v) is 4.38. The number of aryl methyl sites for hydroxylation is 2. The molecule has 0 fully saturated rings. The smallest absolute Gasteiger partial charge is 0.416 e. The Bertz CT molecular complexity index is 573. The van der Waals surface area contributed by atoms with Gasteiger partial charge in [0.1, 0.15) is 18.2 Å². The molecule has 0 spiro atoms. The summed E-state index contributed by atoms with van der Waals surface area (Å²) >= 11 is 0. The maximum absolute atomic E-state index is 12.4. The molecule has 0 atom stereocenters. The van der Waals surface area contributed by atoms with Gasteiger partial charge in [-0.2, -0.15) is 13.2 Å². The number of ether oxygens (including phenoxy) is 1. The largest absolute Gasteiger partial charge is 0.487 e. The summed E-state index contributed by atoms with van der Waals surface area (Å²) in [5.74, 6) is 1.28. The minimum atomic E-state index is -4.32. The van der Waals surface area contributed by atoms with E-state index in [4.69, 9.17) is 4.74 Å². The molecular formula is C14H15F3N2O. The molecule has 1 heterocycles. The van der Waals surface area contributed by atoms with Gasteiger partial charge in [0, 0.05) is 12.7 Å². The van der Waals surface area contributed by atoms with Crippen LogP contribution in [0, 0.1) is 6.92 Å². The molecule has 0 aliphatic heterocycles. The number of nitrogens with zero attached hydrogens (tertiary/aromatic N) is 2. The summed E-state index contributed by atoms with van der Waals surface area (Å²) in [6, 6.07) is 4.63. The van der Waals surface area contributed by atoms with Crippen molar-refractivity contribution in [3.05, 3.63) is 47.5 Å². The molecule has 6 heteroatoms. The van der Waals surface area contributed by atoms with Crippen molar-refractivity contribution in [1.29, 1.82) is 0 Å². The van der Waals surface area contributed by atoms with Gasteiger partial charge in [0.2, 0.25) is 0 Å². The third-order valence-electron chi connectivity index (χ3n) is 2.93. The van der Waals surface area contributed by atoms with Crippen LogP contribution in [0.2, 0.25) is 0 Å². The third kappa shape index (κ3) is 3.31. The molecule has 1 aromatic carbocycles. The first-order chi connectivity index (χ1) is 9.40. The monoisotopic (exact) mass is 284 g/mol. The van der Waals surface area contributed by atoms with Crippen LogP contribution < -0.4 is 4.74 Å². The van der Waals surface area contributed by atoms with Crippen molar-refractivity contribution in [2.24, 2.45) is 0 Å². The van der Waals surface area contributed by atoms with Crippen LogP contribution in [0.25, 0.3) is 0 Å². The van der Waals surface area contributed by atoms with E-state index in [0.29, 0.717) is 5.75 Å². The summed E-state index contributed by atoms with van der Waals surface area (Å²) in [7, 11) is 0. The highest BCUT2D eigenvalue weighted by molar-refractivity contribution is 5.29. The van der Waals surface area contributed by atoms with E-state index in [9.17, 15) is 13.2 Å². The van der Waals surface area contributed by atoms with Crippen LogP contribution in [-0.2, 0) is 19.3 Å². The van der Waals surface area contributed by atoms with Gasteiger partial charge in [-0.15, -0.1) is 0 Å². The normalized spacial score (nSPS) is 11.7. The Hall–Kier alpha value is -1.98. The van der Waals surface area contributed by atoms with Crippen LogP contribution in [0.15, 0.2) is 30.5 Å². The van der Waals surface area contributed by atoms with Crippen molar-refractivity contribution in [3.8, 4) is 5.75 Å². The predicted octanol–water partition coefficient (Wildman–Crippen LogP) is 3.81. The summed E-state index contributed by atoms with van der Waals surface area (Å²) < 4.78 is 44.6. The minimum Gasteiger partial charge on any atom is -0.487 e. The number of benzene rings is 1. The molecule has 0 bridgehead atoms. The molecule has 108 valence electrons. The molecule has 20 heavy (non-hydrogen) atoms. The SMILES string of the molecule is CCn1cc(COc2ccc(C(F)(F)F)cc2)nc1C. The zero-order valence-corrected chi connectivity index (χ0v) is 11.2. The number of imidazole rings is 1. The van der Waals surface area contributed by atoms with Gasteiger partial charge in [0.25, 0.3) is 0 Å². The number of hydrogen-bond acceptors (Lipinski definition) is 2. The van der Waals surface area contributed by atoms with Gasteiger partial charge in [-0.1, -0.05) is 0 Å². The molecular weight excluding hydrogens is 269 g/mol. The lowest BCUT2D eigenvalue weighted by atomic mass is 10.2. The van der Waals surface area contributed by atoms with Crippen molar-refractivity contribution in [1.82, 2.24) is 9.55 Å². The first-order valence-corrected chi connectivity index (χ1v) is 6.23. The van der Waals surface area contributed by atoms with E-state index < -0.39 is 11.7 Å². The van der Waals surface area contributed by atoms with Gasteiger partial charge in [0.15, 0.2) is 0 Å². The average Bonchev–Trinajstić information content (AvgIpc) is 2.76. The maximum Gasteiger partial charge on any atom is 0.416 e. The van der Waals surface area contributed by atoms with Crippen molar-refractivity contribution in [3.63, 3.8) is 0 Å². The molecule has 0 saturated heterocycles. The van der Waals surface area contributed by atoms with Gasteiger partial charge in [-0.25, -0.2) is 4.98 Å². The van der Waals surface area contributed by atoms with Crippen LogP contribution in [0.1, 0.15) is 24.0 Å². The number of hydrogen-bond donors (Lipinski definition) is 0. The number of aromatic nitrogens is 2. The quantitative estimate of drug-likeness (QED) is 0.853. The molecule has 3 nitrogen and oxygen atoms in total. The summed E-state index contributed by atoms with van der Waals surface area (Å²) in [5, 5.41) is 0. The summed E-state index contributed by atoms with van der Waals surface area (Å²) in [6.07, 6.45) is -2.45. The van der Waals surface area contributed by atoms with Crippen molar-refractivity contribution >= 4 is 0 Å². The fourth-order valence-corrected chi connectivity index (χ4v) is 1.86. The van der Waals surface area contributed by atoms with Crippen LogP contribution in [-0.4, -0.2) is 9.55 Å². The third-order valence-corrected chi connectivity index (χ3v) is 2.93. The fraction of sp³-hybridized carbons (Fsp3) is 0.357. The second-order valence-electron chi connectivity index (χ2n) is 4.38. The molecule has 0 amide bonds. The van der Waals surface area contributed by atoms with Crippen LogP contribution >= 0.6 is 0 Å². The van der Waals surface area contributed by atoms with Crippen molar-refractivity contribution < 1.29 is 17.9 Å². The lowest BCUT2D eigenvalue weighted by Crippen LogP contribution is -2.04. The lowest BCUT2D eigenvalue weighted by Gasteiger charge is -2.08. The Balaban J connectivity index is 2.00. The van der Waals surface area contributed by atoms with E-state index in [1.54, 1.807) is 0 Å². The van der Waals surface area contributed by atoms with E-state index in [2.05, 4.69) is 4.98 Å². The Kier molecular flexibility index (Phi) is 4.01. The van der Waals surface area contributed by atoms with Crippen molar-refractivity contribution in [2.45, 2.75) is 33.2 Å². The average molecular weight is 284 g/mol.